The molecule has 0 saturated heterocycles. The van der Waals surface area contributed by atoms with E-state index in [-0.39, 0.29) is 11.6 Å². The number of anilines is 1. The first-order valence-corrected chi connectivity index (χ1v) is 6.67. The second kappa shape index (κ2) is 6.21. The Hall–Kier alpha value is -2.34. The van der Waals surface area contributed by atoms with Crippen molar-refractivity contribution in [2.75, 3.05) is 5.32 Å². The number of nitrogens with zero attached hydrogens (tertiary/aromatic N) is 1. The molecule has 0 fully saturated rings. The van der Waals surface area contributed by atoms with Gasteiger partial charge in [-0.15, -0.1) is 0 Å². The molecule has 6 heteroatoms. The van der Waals surface area contributed by atoms with Gasteiger partial charge in [-0.3, -0.25) is 14.9 Å². The van der Waals surface area contributed by atoms with Crippen LogP contribution in [0.2, 0.25) is 0 Å². The van der Waals surface area contributed by atoms with Gasteiger partial charge in [0.15, 0.2) is 0 Å². The van der Waals surface area contributed by atoms with Crippen molar-refractivity contribution in [3.05, 3.63) is 58.6 Å². The highest BCUT2D eigenvalue weighted by Crippen LogP contribution is 2.37. The van der Waals surface area contributed by atoms with E-state index in [1.54, 1.807) is 30.3 Å². The molecular formula is C14H12N2O3S. The van der Waals surface area contributed by atoms with Crippen molar-refractivity contribution in [3.63, 3.8) is 0 Å². The van der Waals surface area contributed by atoms with Crippen LogP contribution in [0, 0.1) is 10.1 Å². The van der Waals surface area contributed by atoms with Gasteiger partial charge in [0.1, 0.15) is 0 Å². The molecule has 0 radical (unpaired) electrons. The van der Waals surface area contributed by atoms with Crippen LogP contribution in [0.1, 0.15) is 6.92 Å². The molecule has 0 unspecified atom stereocenters. The SMILES string of the molecule is CC(=O)Nc1ccccc1Sc1ccccc1[N+](=O)[O-]. The number of benzene rings is 2. The van der Waals surface area contributed by atoms with Gasteiger partial charge in [-0.25, -0.2) is 0 Å². The summed E-state index contributed by atoms with van der Waals surface area (Å²) in [4.78, 5) is 23.0. The Labute approximate surface area is 120 Å². The molecule has 1 amide bonds. The molecule has 0 heterocycles. The molecule has 0 aliphatic carbocycles. The van der Waals surface area contributed by atoms with Gasteiger partial charge in [0.2, 0.25) is 5.91 Å². The Morgan fingerprint density at radius 1 is 1.10 bits per heavy atom. The fourth-order valence-corrected chi connectivity index (χ4v) is 2.67. The van der Waals surface area contributed by atoms with Crippen molar-refractivity contribution in [1.82, 2.24) is 0 Å². The van der Waals surface area contributed by atoms with E-state index in [2.05, 4.69) is 5.32 Å². The minimum atomic E-state index is -0.413. The van der Waals surface area contributed by atoms with Gasteiger partial charge in [0, 0.05) is 17.9 Å². The van der Waals surface area contributed by atoms with Gasteiger partial charge in [-0.05, 0) is 18.2 Å². The van der Waals surface area contributed by atoms with E-state index < -0.39 is 4.92 Å². The highest BCUT2D eigenvalue weighted by Gasteiger charge is 2.15. The number of hydrogen-bond donors (Lipinski definition) is 1. The Kier molecular flexibility index (Phi) is 4.37. The van der Waals surface area contributed by atoms with Crippen LogP contribution < -0.4 is 5.32 Å². The first-order chi connectivity index (χ1) is 9.58. The lowest BCUT2D eigenvalue weighted by Crippen LogP contribution is -2.06. The van der Waals surface area contributed by atoms with Crippen LogP contribution in [-0.2, 0) is 4.79 Å². The van der Waals surface area contributed by atoms with Gasteiger partial charge in [0.25, 0.3) is 5.69 Å². The molecule has 102 valence electrons. The quantitative estimate of drug-likeness (QED) is 0.687. The van der Waals surface area contributed by atoms with Crippen LogP contribution in [0.15, 0.2) is 58.3 Å². The maximum atomic E-state index is 11.2. The number of amides is 1. The second-order valence-electron chi connectivity index (χ2n) is 4.00. The van der Waals surface area contributed by atoms with Crippen LogP contribution in [0.3, 0.4) is 0 Å². The summed E-state index contributed by atoms with van der Waals surface area (Å²) in [6.07, 6.45) is 0. The minimum Gasteiger partial charge on any atom is -0.325 e. The van der Waals surface area contributed by atoms with Crippen LogP contribution >= 0.6 is 11.8 Å². The maximum absolute atomic E-state index is 11.2. The summed E-state index contributed by atoms with van der Waals surface area (Å²) in [5.41, 5.74) is 0.693. The second-order valence-corrected chi connectivity index (χ2v) is 5.09. The number of hydrogen-bond acceptors (Lipinski definition) is 4. The smallest absolute Gasteiger partial charge is 0.283 e. The molecule has 20 heavy (non-hydrogen) atoms. The van der Waals surface area contributed by atoms with Crippen molar-refractivity contribution < 1.29 is 9.72 Å². The average Bonchev–Trinajstić information content (AvgIpc) is 2.41. The predicted molar refractivity (Wildman–Crippen MR) is 78.0 cm³/mol. The topological polar surface area (TPSA) is 72.2 Å². The normalized spacial score (nSPS) is 10.1. The maximum Gasteiger partial charge on any atom is 0.283 e. The minimum absolute atomic E-state index is 0.0510. The fraction of sp³-hybridized carbons (Fsp3) is 0.0714. The van der Waals surface area contributed by atoms with Crippen molar-refractivity contribution in [1.29, 1.82) is 0 Å². The van der Waals surface area contributed by atoms with Crippen LogP contribution in [0.4, 0.5) is 11.4 Å². The van der Waals surface area contributed by atoms with Crippen LogP contribution in [-0.4, -0.2) is 10.8 Å². The average molecular weight is 288 g/mol. The van der Waals surface area contributed by atoms with Gasteiger partial charge >= 0.3 is 0 Å². The van der Waals surface area contributed by atoms with Gasteiger partial charge in [-0.2, -0.15) is 0 Å². The molecule has 2 rings (SSSR count). The van der Waals surface area contributed by atoms with Gasteiger partial charge in [0.05, 0.1) is 15.5 Å². The Bertz CT molecular complexity index is 658. The third kappa shape index (κ3) is 3.36. The van der Waals surface area contributed by atoms with E-state index in [1.165, 1.54) is 24.8 Å². The first kappa shape index (κ1) is 14.1. The summed E-state index contributed by atoms with van der Waals surface area (Å²) < 4.78 is 0. The lowest BCUT2D eigenvalue weighted by molar-refractivity contribution is -0.387. The number of nitrogens with one attached hydrogen (secondary N) is 1. The lowest BCUT2D eigenvalue weighted by atomic mass is 10.3. The molecule has 0 atom stereocenters. The van der Waals surface area contributed by atoms with Crippen LogP contribution in [0.5, 0.6) is 0 Å². The Balaban J connectivity index is 2.35. The molecule has 0 aromatic heterocycles. The number of rotatable bonds is 4. The largest absolute Gasteiger partial charge is 0.325 e. The number of carbonyl (C=O) groups excluding carboxylic acids is 1. The highest BCUT2D eigenvalue weighted by atomic mass is 32.2. The number of para-hydroxylation sites is 2. The Morgan fingerprint density at radius 3 is 2.35 bits per heavy atom. The van der Waals surface area contributed by atoms with Crippen molar-refractivity contribution in [3.8, 4) is 0 Å². The van der Waals surface area contributed by atoms with E-state index >= 15 is 0 Å². The summed E-state index contributed by atoms with van der Waals surface area (Å²) >= 11 is 1.25. The third-order valence-corrected chi connectivity index (χ3v) is 3.62. The summed E-state index contributed by atoms with van der Waals surface area (Å²) in [5.74, 6) is -0.180. The number of carbonyl (C=O) groups is 1. The predicted octanol–water partition coefficient (Wildman–Crippen LogP) is 3.70. The molecule has 0 bridgehead atoms. The molecule has 0 spiro atoms. The zero-order valence-electron chi connectivity index (χ0n) is 10.7. The van der Waals surface area contributed by atoms with E-state index in [1.807, 2.05) is 12.1 Å². The number of nitro benzene ring substituents is 1. The van der Waals surface area contributed by atoms with E-state index in [0.717, 1.165) is 4.90 Å². The molecule has 1 N–H and O–H groups in total. The van der Waals surface area contributed by atoms with Gasteiger partial charge < -0.3 is 5.32 Å². The zero-order chi connectivity index (χ0) is 14.5. The summed E-state index contributed by atoms with van der Waals surface area (Å²) in [7, 11) is 0. The number of nitro groups is 1. The molecule has 0 saturated carbocycles. The highest BCUT2D eigenvalue weighted by molar-refractivity contribution is 7.99. The van der Waals surface area contributed by atoms with Gasteiger partial charge in [-0.1, -0.05) is 36.0 Å². The fourth-order valence-electron chi connectivity index (χ4n) is 1.66. The zero-order valence-corrected chi connectivity index (χ0v) is 11.5. The molecule has 2 aromatic carbocycles. The summed E-state index contributed by atoms with van der Waals surface area (Å²) in [6.45, 7) is 1.42. The molecule has 0 aliphatic rings. The lowest BCUT2D eigenvalue weighted by Gasteiger charge is -2.09. The molecule has 0 aliphatic heterocycles. The molecule has 5 nitrogen and oxygen atoms in total. The van der Waals surface area contributed by atoms with Crippen molar-refractivity contribution in [2.24, 2.45) is 0 Å². The van der Waals surface area contributed by atoms with E-state index in [9.17, 15) is 14.9 Å². The standard InChI is InChI=1S/C14H12N2O3S/c1-10(17)15-11-6-2-4-8-13(11)20-14-9-5-3-7-12(14)16(18)19/h2-9H,1H3,(H,15,17). The van der Waals surface area contributed by atoms with Crippen molar-refractivity contribution >= 4 is 29.0 Å². The Morgan fingerprint density at radius 2 is 1.70 bits per heavy atom. The van der Waals surface area contributed by atoms with Crippen LogP contribution in [0.25, 0.3) is 0 Å². The summed E-state index contributed by atoms with van der Waals surface area (Å²) in [6, 6.07) is 13.7. The summed E-state index contributed by atoms with van der Waals surface area (Å²) in [5, 5.41) is 13.7. The molecule has 2 aromatic rings. The third-order valence-electron chi connectivity index (χ3n) is 2.48. The van der Waals surface area contributed by atoms with E-state index in [4.69, 9.17) is 0 Å². The van der Waals surface area contributed by atoms with Crippen molar-refractivity contribution in [2.45, 2.75) is 16.7 Å². The molecular weight excluding hydrogens is 276 g/mol. The first-order valence-electron chi connectivity index (χ1n) is 5.86. The monoisotopic (exact) mass is 288 g/mol. The van der Waals surface area contributed by atoms with E-state index in [0.29, 0.717) is 10.6 Å².